The normalized spacial score (nSPS) is 18.5. The first-order valence-electron chi connectivity index (χ1n) is 3.09. The van der Waals surface area contributed by atoms with Gasteiger partial charge in [-0.2, -0.15) is 0 Å². The zero-order valence-electron chi connectivity index (χ0n) is 8.25. The maximum absolute atomic E-state index is 9.86. The summed E-state index contributed by atoms with van der Waals surface area (Å²) in [5, 5.41) is 0. The van der Waals surface area contributed by atoms with Crippen molar-refractivity contribution in [1.82, 2.24) is 0 Å². The Labute approximate surface area is 112 Å². The fourth-order valence-corrected chi connectivity index (χ4v) is 2.18. The molecule has 0 saturated heterocycles. The van der Waals surface area contributed by atoms with Gasteiger partial charge < -0.3 is 28.7 Å². The van der Waals surface area contributed by atoms with Gasteiger partial charge in [-0.15, -0.1) is 8.62 Å². The Morgan fingerprint density at radius 1 is 0.882 bits per heavy atom. The Morgan fingerprint density at radius 2 is 1.06 bits per heavy atom. The van der Waals surface area contributed by atoms with Crippen LogP contribution in [0.15, 0.2) is 0 Å². The van der Waals surface area contributed by atoms with Crippen LogP contribution in [-0.4, -0.2) is 13.3 Å². The SMILES string of the molecule is CP(=O)([O-])O[P+](=O)[O-].CP(=O)([O-])O[P+](=O)[O-].[Tc+4]. The van der Waals surface area contributed by atoms with Crippen molar-refractivity contribution in [2.45, 2.75) is 0 Å². The van der Waals surface area contributed by atoms with E-state index in [1.165, 1.54) is 0 Å². The van der Waals surface area contributed by atoms with Crippen LogP contribution in [0.1, 0.15) is 0 Å². The van der Waals surface area contributed by atoms with Crippen molar-refractivity contribution in [3.8, 4) is 0 Å². The van der Waals surface area contributed by atoms with Gasteiger partial charge in [-0.25, -0.2) is 0 Å². The fourth-order valence-electron chi connectivity index (χ4n) is 0.242. The molecule has 0 heterocycles. The van der Waals surface area contributed by atoms with Crippen LogP contribution in [0.2, 0.25) is 0 Å². The molecule has 4 atom stereocenters. The Morgan fingerprint density at radius 3 is 1.06 bits per heavy atom. The van der Waals surface area contributed by atoms with Gasteiger partial charge in [-0.1, -0.05) is 0 Å². The topological polar surface area (TPSA) is 179 Å². The molecular weight excluding hydrogens is 406 g/mol. The van der Waals surface area contributed by atoms with Crippen LogP contribution < -0.4 is 19.6 Å². The average Bonchev–Trinajstić information content (AvgIpc) is 1.72. The molecular formula is C2H6O10P4Tc+2. The molecule has 0 aromatic carbocycles. The quantitative estimate of drug-likeness (QED) is 0.489. The molecule has 15 heteroatoms. The molecule has 0 N–H and O–H groups in total. The second kappa shape index (κ2) is 9.93. The summed E-state index contributed by atoms with van der Waals surface area (Å²) in [7, 11) is -14.7. The largest absolute Gasteiger partial charge is 4.00 e. The first kappa shape index (κ1) is 23.2. The first-order valence-corrected chi connectivity index (χ1v) is 9.26. The molecule has 0 aromatic rings. The summed E-state index contributed by atoms with van der Waals surface area (Å²) >= 11 is 0. The van der Waals surface area contributed by atoms with Gasteiger partial charge in [0.25, 0.3) is 0 Å². The van der Waals surface area contributed by atoms with E-state index >= 15 is 0 Å². The van der Waals surface area contributed by atoms with Gasteiger partial charge in [0.15, 0.2) is 15.2 Å². The van der Waals surface area contributed by atoms with Gasteiger partial charge in [0.1, 0.15) is 0 Å². The minimum Gasteiger partial charge on any atom is -0.775 e. The van der Waals surface area contributed by atoms with Crippen LogP contribution in [-0.2, 0) is 47.0 Å². The monoisotopic (exact) mass is 411 g/mol. The molecule has 0 aromatic heterocycles. The standard InChI is InChI=1S/2CH4O5P2.Tc/c2*1-8(4,5)6-7(2)3;/h2*1H3,(H,4,5);/q;;+4/p-2. The van der Waals surface area contributed by atoms with Crippen molar-refractivity contribution >= 4 is 31.7 Å². The zero-order chi connectivity index (χ0) is 13.6. The Hall–Kier alpha value is 1.07. The maximum atomic E-state index is 9.86. The molecule has 0 saturated carbocycles. The Bertz CT molecular complexity index is 306. The van der Waals surface area contributed by atoms with Crippen molar-refractivity contribution in [3.05, 3.63) is 0 Å². The van der Waals surface area contributed by atoms with E-state index in [0.29, 0.717) is 13.3 Å². The number of hydrogen-bond acceptors (Lipinski definition) is 10. The second-order valence-corrected chi connectivity index (χ2v) is 7.44. The molecule has 0 aliphatic heterocycles. The summed E-state index contributed by atoms with van der Waals surface area (Å²) in [4.78, 5) is 38.6. The van der Waals surface area contributed by atoms with Crippen LogP contribution >= 0.6 is 31.7 Å². The van der Waals surface area contributed by atoms with Crippen molar-refractivity contribution in [3.63, 3.8) is 0 Å². The van der Waals surface area contributed by atoms with E-state index in [1.54, 1.807) is 0 Å². The van der Waals surface area contributed by atoms with Crippen LogP contribution in [0.3, 0.4) is 0 Å². The molecule has 17 heavy (non-hydrogen) atoms. The van der Waals surface area contributed by atoms with E-state index in [-0.39, 0.29) is 20.1 Å². The van der Waals surface area contributed by atoms with E-state index in [2.05, 4.69) is 8.62 Å². The van der Waals surface area contributed by atoms with Crippen molar-refractivity contribution in [2.75, 3.05) is 13.3 Å². The Balaban J connectivity index is -0.000000218. The second-order valence-electron chi connectivity index (χ2n) is 2.15. The van der Waals surface area contributed by atoms with Crippen LogP contribution in [0.25, 0.3) is 0 Å². The van der Waals surface area contributed by atoms with Crippen LogP contribution in [0.4, 0.5) is 0 Å². The molecule has 0 bridgehead atoms. The minimum absolute atomic E-state index is 0. The molecule has 0 spiro atoms. The number of rotatable bonds is 4. The summed E-state index contributed by atoms with van der Waals surface area (Å²) in [6.45, 7) is 1.36. The van der Waals surface area contributed by atoms with Gasteiger partial charge in [-0.05, 0) is 9.13 Å². The molecule has 0 aliphatic carbocycles. The van der Waals surface area contributed by atoms with E-state index in [9.17, 15) is 37.8 Å². The first-order chi connectivity index (χ1) is 6.83. The molecule has 0 amide bonds. The van der Waals surface area contributed by atoms with E-state index in [0.717, 1.165) is 0 Å². The maximum Gasteiger partial charge on any atom is 4.00 e. The van der Waals surface area contributed by atoms with Crippen molar-refractivity contribution in [1.29, 1.82) is 0 Å². The molecule has 0 rings (SSSR count). The van der Waals surface area contributed by atoms with Crippen molar-refractivity contribution < 1.29 is 66.6 Å². The van der Waals surface area contributed by atoms with Gasteiger partial charge in [0.2, 0.25) is 0 Å². The molecule has 0 fully saturated rings. The average molecular weight is 412 g/mol. The third kappa shape index (κ3) is 31.6. The predicted molar refractivity (Wildman–Crippen MR) is 44.4 cm³/mol. The van der Waals surface area contributed by atoms with Crippen LogP contribution in [0.5, 0.6) is 0 Å². The van der Waals surface area contributed by atoms with Crippen LogP contribution in [0, 0.1) is 0 Å². The summed E-state index contributed by atoms with van der Waals surface area (Å²) in [5.41, 5.74) is 0. The van der Waals surface area contributed by atoms with Gasteiger partial charge in [-0.3, -0.25) is 0 Å². The third-order valence-electron chi connectivity index (χ3n) is 0.430. The summed E-state index contributed by atoms with van der Waals surface area (Å²) in [6, 6.07) is 0. The molecule has 1 radical (unpaired) electrons. The van der Waals surface area contributed by atoms with Gasteiger partial charge in [0, 0.05) is 13.3 Å². The van der Waals surface area contributed by atoms with Gasteiger partial charge >= 0.3 is 36.6 Å². The van der Waals surface area contributed by atoms with Crippen molar-refractivity contribution in [2.24, 2.45) is 0 Å². The molecule has 0 aliphatic rings. The summed E-state index contributed by atoms with van der Waals surface area (Å²) < 4.78 is 45.4. The molecule has 99 valence electrons. The van der Waals surface area contributed by atoms with E-state index < -0.39 is 31.7 Å². The smallest absolute Gasteiger partial charge is 0.775 e. The number of hydrogen-bond donors (Lipinski definition) is 0. The third-order valence-corrected chi connectivity index (χ3v) is 3.87. The molecule has 4 unspecified atom stereocenters. The zero-order valence-corrected chi connectivity index (χ0v) is 13.7. The van der Waals surface area contributed by atoms with E-state index in [1.807, 2.05) is 0 Å². The van der Waals surface area contributed by atoms with Gasteiger partial charge in [0.05, 0.1) is 0 Å². The Kier molecular flexibility index (Phi) is 13.5. The summed E-state index contributed by atoms with van der Waals surface area (Å²) in [6.07, 6.45) is 0. The summed E-state index contributed by atoms with van der Waals surface area (Å²) in [5.74, 6) is 0. The fraction of sp³-hybridized carbons (Fsp3) is 1.00. The van der Waals surface area contributed by atoms with E-state index in [4.69, 9.17) is 0 Å². The predicted octanol–water partition coefficient (Wildman–Crippen LogP) is -1.59. The minimum atomic E-state index is -4.07. The molecule has 10 nitrogen and oxygen atoms in total.